The van der Waals surface area contributed by atoms with Gasteiger partial charge in [0, 0.05) is 0 Å². The number of hydrogen-bond donors (Lipinski definition) is 0. The monoisotopic (exact) mass is 327 g/mol. The molecule has 0 amide bonds. The van der Waals surface area contributed by atoms with E-state index in [0.717, 1.165) is 0 Å². The second-order valence-corrected chi connectivity index (χ2v) is 13.0. The van der Waals surface area contributed by atoms with E-state index in [2.05, 4.69) is 38.7 Å². The molecule has 0 unspecified atom stereocenters. The van der Waals surface area contributed by atoms with E-state index in [1.807, 2.05) is 20.8 Å². The van der Waals surface area contributed by atoms with Crippen LogP contribution in [0.1, 0.15) is 41.5 Å². The van der Waals surface area contributed by atoms with Gasteiger partial charge in [0.2, 0.25) is 0 Å². The first-order valence-electron chi connectivity index (χ1n) is 7.93. The van der Waals surface area contributed by atoms with Crippen molar-refractivity contribution in [2.24, 2.45) is 0 Å². The molecule has 0 spiro atoms. The molecule has 0 aromatic heterocycles. The maximum Gasteiger partial charge on any atom is 0.357 e. The Labute approximate surface area is 135 Å². The minimum Gasteiger partial charge on any atom is -0.411 e. The van der Waals surface area contributed by atoms with Gasteiger partial charge in [0.15, 0.2) is 20.2 Å². The van der Waals surface area contributed by atoms with Gasteiger partial charge in [-0.1, -0.05) is 20.8 Å². The van der Waals surface area contributed by atoms with Crippen molar-refractivity contribution in [1.29, 1.82) is 0 Å². The van der Waals surface area contributed by atoms with E-state index < -0.39 is 20.3 Å². The van der Waals surface area contributed by atoms with Crippen LogP contribution in [0.2, 0.25) is 18.1 Å². The van der Waals surface area contributed by atoms with Gasteiger partial charge in [-0.3, -0.25) is 9.58 Å². The van der Waals surface area contributed by atoms with Gasteiger partial charge in [0.25, 0.3) is 0 Å². The van der Waals surface area contributed by atoms with Gasteiger partial charge in [-0.2, -0.15) is 0 Å². The van der Waals surface area contributed by atoms with Crippen LogP contribution in [0.4, 0.5) is 0 Å². The summed E-state index contributed by atoms with van der Waals surface area (Å²) in [7, 11) is -1.90. The van der Waals surface area contributed by atoms with E-state index in [4.69, 9.17) is 25.2 Å². The molecule has 5 atom stereocenters. The summed E-state index contributed by atoms with van der Waals surface area (Å²) >= 11 is 0. The molecule has 2 rings (SSSR count). The second-order valence-electron chi connectivity index (χ2n) is 8.27. The Morgan fingerprint density at radius 2 is 1.73 bits per heavy atom. The van der Waals surface area contributed by atoms with Crippen LogP contribution in [-0.4, -0.2) is 44.7 Å². The minimum absolute atomic E-state index is 0.127. The van der Waals surface area contributed by atoms with Crippen LogP contribution < -0.4 is 0 Å². The van der Waals surface area contributed by atoms with Crippen molar-refractivity contribution < 1.29 is 18.6 Å². The lowest BCUT2D eigenvalue weighted by molar-refractivity contribution is -0.190. The molecule has 0 N–H and O–H groups in total. The highest BCUT2D eigenvalue weighted by Gasteiger charge is 2.60. The predicted octanol–water partition coefficient (Wildman–Crippen LogP) is 3.56. The van der Waals surface area contributed by atoms with Gasteiger partial charge in [-0.15, -0.1) is 0 Å². The van der Waals surface area contributed by atoms with E-state index in [9.17, 15) is 0 Å². The molecule has 5 nitrogen and oxygen atoms in total. The molecule has 2 aliphatic heterocycles. The molecule has 0 aromatic carbocycles. The molecular weight excluding hydrogens is 298 g/mol. The molecule has 0 aromatic rings. The molecular formula is C16H29NO4Si. The average Bonchev–Trinajstić information content (AvgIpc) is 2.79. The van der Waals surface area contributed by atoms with Crippen LogP contribution in [0.5, 0.6) is 0 Å². The zero-order valence-corrected chi connectivity index (χ0v) is 16.0. The Balaban J connectivity index is 2.14. The van der Waals surface area contributed by atoms with Crippen molar-refractivity contribution in [2.75, 3.05) is 0 Å². The van der Waals surface area contributed by atoms with Gasteiger partial charge in [0.1, 0.15) is 12.2 Å². The van der Waals surface area contributed by atoms with E-state index in [0.29, 0.717) is 0 Å². The van der Waals surface area contributed by atoms with Crippen LogP contribution in [0, 0.1) is 6.57 Å². The van der Waals surface area contributed by atoms with Crippen LogP contribution in [-0.2, 0) is 18.6 Å². The van der Waals surface area contributed by atoms with E-state index in [-0.39, 0.29) is 29.5 Å². The Hall–Kier alpha value is -0.453. The van der Waals surface area contributed by atoms with Gasteiger partial charge in [0.05, 0.1) is 6.10 Å². The fraction of sp³-hybridized carbons (Fsp3) is 0.938. The van der Waals surface area contributed by atoms with Crippen molar-refractivity contribution in [2.45, 2.75) is 96.1 Å². The quantitative estimate of drug-likeness (QED) is 0.587. The maximum absolute atomic E-state index is 7.32. The standard InChI is InChI=1S/C16H29NO4Si/c1-10(21-22(8,9)15(2,3)4)11-12-13(14(17-7)18-11)20-16(5,6)19-12/h10-14H,1-6,8-9H3/t10-,11-,12-,13-,14-/m1/s1. The highest BCUT2D eigenvalue weighted by Crippen LogP contribution is 2.43. The second kappa shape index (κ2) is 5.57. The first kappa shape index (κ1) is 17.9. The van der Waals surface area contributed by atoms with Crippen LogP contribution in [0.15, 0.2) is 0 Å². The van der Waals surface area contributed by atoms with Crippen molar-refractivity contribution in [3.63, 3.8) is 0 Å². The fourth-order valence-corrected chi connectivity index (χ4v) is 4.22. The third kappa shape index (κ3) is 3.24. The summed E-state index contributed by atoms with van der Waals surface area (Å²) in [5.74, 6) is -0.670. The average molecular weight is 327 g/mol. The Kier molecular flexibility index (Phi) is 4.53. The SMILES string of the molecule is [C-]#[N+][C@@H]1O[C@H]([C@@H](C)O[Si](C)(C)C(C)(C)C)[C@H]2OC(C)(C)O[C@H]21. The van der Waals surface area contributed by atoms with Crippen molar-refractivity contribution in [1.82, 2.24) is 0 Å². The third-order valence-corrected chi connectivity index (χ3v) is 9.52. The van der Waals surface area contributed by atoms with E-state index in [1.54, 1.807) is 0 Å². The predicted molar refractivity (Wildman–Crippen MR) is 86.8 cm³/mol. The lowest BCUT2D eigenvalue weighted by atomic mass is 10.1. The fourth-order valence-electron chi connectivity index (χ4n) is 2.80. The van der Waals surface area contributed by atoms with Gasteiger partial charge in [-0.05, 0) is 38.9 Å². The first-order chi connectivity index (χ1) is 9.88. The summed E-state index contributed by atoms with van der Waals surface area (Å²) in [5, 5.41) is 0.130. The normalized spacial score (nSPS) is 36.0. The molecule has 0 radical (unpaired) electrons. The Morgan fingerprint density at radius 1 is 1.18 bits per heavy atom. The van der Waals surface area contributed by atoms with Gasteiger partial charge < -0.3 is 13.9 Å². The van der Waals surface area contributed by atoms with Gasteiger partial charge >= 0.3 is 6.23 Å². The number of hydrogen-bond acceptors (Lipinski definition) is 4. The molecule has 0 aliphatic carbocycles. The summed E-state index contributed by atoms with van der Waals surface area (Å²) in [6, 6.07) is 0. The Bertz CT molecular complexity index is 466. The third-order valence-electron chi connectivity index (χ3n) is 4.94. The summed E-state index contributed by atoms with van der Waals surface area (Å²) in [6.07, 6.45) is -1.57. The summed E-state index contributed by atoms with van der Waals surface area (Å²) < 4.78 is 24.1. The molecule has 2 heterocycles. The summed E-state index contributed by atoms with van der Waals surface area (Å²) in [5.41, 5.74) is 0. The highest BCUT2D eigenvalue weighted by atomic mass is 28.4. The zero-order valence-electron chi connectivity index (χ0n) is 15.0. The molecule has 2 saturated heterocycles. The molecule has 6 heteroatoms. The van der Waals surface area contributed by atoms with Crippen LogP contribution >= 0.6 is 0 Å². The van der Waals surface area contributed by atoms with Gasteiger partial charge in [-0.25, -0.2) is 6.57 Å². The minimum atomic E-state index is -1.90. The van der Waals surface area contributed by atoms with E-state index >= 15 is 0 Å². The lowest BCUT2D eigenvalue weighted by Gasteiger charge is -2.40. The van der Waals surface area contributed by atoms with Crippen LogP contribution in [0.25, 0.3) is 4.85 Å². The molecule has 2 fully saturated rings. The molecule has 126 valence electrons. The Morgan fingerprint density at radius 3 is 2.23 bits per heavy atom. The first-order valence-corrected chi connectivity index (χ1v) is 10.8. The smallest absolute Gasteiger partial charge is 0.357 e. The maximum atomic E-state index is 7.32. The van der Waals surface area contributed by atoms with Crippen molar-refractivity contribution >= 4 is 8.32 Å². The molecule has 22 heavy (non-hydrogen) atoms. The summed E-state index contributed by atoms with van der Waals surface area (Å²) in [6.45, 7) is 24.2. The van der Waals surface area contributed by atoms with E-state index in [1.165, 1.54) is 0 Å². The van der Waals surface area contributed by atoms with Crippen molar-refractivity contribution in [3.8, 4) is 0 Å². The van der Waals surface area contributed by atoms with Crippen molar-refractivity contribution in [3.05, 3.63) is 11.4 Å². The van der Waals surface area contributed by atoms with Crippen LogP contribution in [0.3, 0.4) is 0 Å². The number of rotatable bonds is 3. The summed E-state index contributed by atoms with van der Waals surface area (Å²) in [4.78, 5) is 3.55. The molecule has 0 saturated carbocycles. The lowest BCUT2D eigenvalue weighted by Crippen LogP contribution is -2.48. The molecule has 2 aliphatic rings. The number of fused-ring (bicyclic) bond motifs is 1. The number of ether oxygens (including phenoxy) is 3. The molecule has 0 bridgehead atoms. The highest BCUT2D eigenvalue weighted by molar-refractivity contribution is 6.74. The zero-order chi connectivity index (χ0) is 16.9. The largest absolute Gasteiger partial charge is 0.411 e. The number of nitrogens with zero attached hydrogens (tertiary/aromatic N) is 1. The topological polar surface area (TPSA) is 41.3 Å².